The third-order valence-corrected chi connectivity index (χ3v) is 7.00. The van der Waals surface area contributed by atoms with Crippen LogP contribution in [-0.2, 0) is 28.8 Å². The van der Waals surface area contributed by atoms with Crippen LogP contribution in [-0.4, -0.2) is 58.1 Å². The number of hydrogen-bond donors (Lipinski definition) is 4. The number of amides is 2. The summed E-state index contributed by atoms with van der Waals surface area (Å²) in [5, 5.41) is 23.4. The van der Waals surface area contributed by atoms with E-state index in [0.29, 0.717) is 25.8 Å². The first-order chi connectivity index (χ1) is 17.9. The summed E-state index contributed by atoms with van der Waals surface area (Å²) < 4.78 is 0. The summed E-state index contributed by atoms with van der Waals surface area (Å²) in [5.74, 6) is -3.78. The predicted molar refractivity (Wildman–Crippen MR) is 143 cm³/mol. The SMILES string of the molecule is CC[C@H](C)C(=O)C[C@@H](CCC(=O)O)C(=O)NCCCCCCCC(=O)[C@H](CCC(=O)O)NC(=O)[C@@H](C)CC. The molecule has 0 unspecified atom stereocenters. The van der Waals surface area contributed by atoms with E-state index < -0.39 is 23.9 Å². The lowest BCUT2D eigenvalue weighted by molar-refractivity contribution is -0.139. The van der Waals surface area contributed by atoms with E-state index in [-0.39, 0.29) is 73.7 Å². The number of rotatable bonds is 23. The minimum atomic E-state index is -1.01. The minimum absolute atomic E-state index is 0.0303. The first-order valence-corrected chi connectivity index (χ1v) is 14.0. The van der Waals surface area contributed by atoms with Crippen molar-refractivity contribution in [3.63, 3.8) is 0 Å². The summed E-state index contributed by atoms with van der Waals surface area (Å²) in [6.45, 7) is 7.77. The highest BCUT2D eigenvalue weighted by molar-refractivity contribution is 5.90. The van der Waals surface area contributed by atoms with Crippen LogP contribution < -0.4 is 10.6 Å². The highest BCUT2D eigenvalue weighted by atomic mass is 16.4. The monoisotopic (exact) mass is 540 g/mol. The lowest BCUT2D eigenvalue weighted by Crippen LogP contribution is -2.43. The van der Waals surface area contributed by atoms with Crippen molar-refractivity contribution in [3.8, 4) is 0 Å². The van der Waals surface area contributed by atoms with E-state index in [1.54, 1.807) is 13.8 Å². The van der Waals surface area contributed by atoms with Gasteiger partial charge in [-0.3, -0.25) is 28.8 Å². The second-order valence-corrected chi connectivity index (χ2v) is 10.2. The highest BCUT2D eigenvalue weighted by Gasteiger charge is 2.25. The number of aliphatic carboxylic acids is 2. The molecule has 10 nitrogen and oxygen atoms in total. The molecule has 10 heteroatoms. The molecule has 0 heterocycles. The van der Waals surface area contributed by atoms with Crippen molar-refractivity contribution in [2.45, 2.75) is 117 Å². The maximum Gasteiger partial charge on any atom is 0.303 e. The Balaban J connectivity index is 4.42. The van der Waals surface area contributed by atoms with Crippen molar-refractivity contribution in [3.05, 3.63) is 0 Å². The minimum Gasteiger partial charge on any atom is -0.481 e. The van der Waals surface area contributed by atoms with Crippen LogP contribution in [0.3, 0.4) is 0 Å². The lowest BCUT2D eigenvalue weighted by Gasteiger charge is -2.19. The maximum absolute atomic E-state index is 12.6. The van der Waals surface area contributed by atoms with E-state index in [2.05, 4.69) is 10.6 Å². The Hall–Kier alpha value is -2.78. The third-order valence-electron chi connectivity index (χ3n) is 7.00. The van der Waals surface area contributed by atoms with Gasteiger partial charge in [0.25, 0.3) is 0 Å². The van der Waals surface area contributed by atoms with Crippen LogP contribution in [0.15, 0.2) is 0 Å². The van der Waals surface area contributed by atoms with Gasteiger partial charge in [0.2, 0.25) is 11.8 Å². The molecule has 0 aliphatic carbocycles. The van der Waals surface area contributed by atoms with E-state index in [0.717, 1.165) is 25.7 Å². The number of carbonyl (C=O) groups excluding carboxylic acids is 4. The van der Waals surface area contributed by atoms with Crippen LogP contribution in [0.2, 0.25) is 0 Å². The van der Waals surface area contributed by atoms with Gasteiger partial charge in [-0.2, -0.15) is 0 Å². The van der Waals surface area contributed by atoms with Gasteiger partial charge >= 0.3 is 11.9 Å². The summed E-state index contributed by atoms with van der Waals surface area (Å²) >= 11 is 0. The number of hydrogen-bond acceptors (Lipinski definition) is 6. The van der Waals surface area contributed by atoms with Gasteiger partial charge in [-0.15, -0.1) is 0 Å². The molecule has 4 atom stereocenters. The number of carboxylic acids is 2. The molecule has 0 bridgehead atoms. The highest BCUT2D eigenvalue weighted by Crippen LogP contribution is 2.17. The van der Waals surface area contributed by atoms with E-state index in [4.69, 9.17) is 10.2 Å². The lowest BCUT2D eigenvalue weighted by atomic mass is 9.90. The topological polar surface area (TPSA) is 167 Å². The second-order valence-electron chi connectivity index (χ2n) is 10.2. The molecule has 0 fully saturated rings. The number of unbranched alkanes of at least 4 members (excludes halogenated alkanes) is 4. The largest absolute Gasteiger partial charge is 0.481 e. The number of carboxylic acid groups (broad SMARTS) is 2. The molecule has 0 rings (SSSR count). The Kier molecular flexibility index (Phi) is 18.7. The number of nitrogens with one attached hydrogen (secondary N) is 2. The summed E-state index contributed by atoms with van der Waals surface area (Å²) in [5.41, 5.74) is 0. The van der Waals surface area contributed by atoms with Crippen LogP contribution in [0, 0.1) is 17.8 Å². The Labute approximate surface area is 226 Å². The van der Waals surface area contributed by atoms with Gasteiger partial charge < -0.3 is 20.8 Å². The quantitative estimate of drug-likeness (QED) is 0.142. The van der Waals surface area contributed by atoms with Gasteiger partial charge in [0, 0.05) is 50.0 Å². The molecule has 0 saturated heterocycles. The number of Topliss-reactive ketones (excluding diaryl/α,β-unsaturated/α-hetero) is 2. The summed E-state index contributed by atoms with van der Waals surface area (Å²) in [4.78, 5) is 71.4. The average Bonchev–Trinajstić information content (AvgIpc) is 2.88. The molecule has 4 N–H and O–H groups in total. The van der Waals surface area contributed by atoms with E-state index in [9.17, 15) is 28.8 Å². The normalized spacial score (nSPS) is 14.1. The smallest absolute Gasteiger partial charge is 0.303 e. The van der Waals surface area contributed by atoms with E-state index >= 15 is 0 Å². The van der Waals surface area contributed by atoms with Gasteiger partial charge in [0.1, 0.15) is 5.78 Å². The summed E-state index contributed by atoms with van der Waals surface area (Å²) in [7, 11) is 0. The fourth-order valence-corrected chi connectivity index (χ4v) is 3.86. The molecule has 0 spiro atoms. The third kappa shape index (κ3) is 16.1. The van der Waals surface area contributed by atoms with Crippen LogP contribution >= 0.6 is 0 Å². The van der Waals surface area contributed by atoms with Crippen LogP contribution in [0.25, 0.3) is 0 Å². The Morgan fingerprint density at radius 1 is 0.658 bits per heavy atom. The maximum atomic E-state index is 12.6. The van der Waals surface area contributed by atoms with E-state index in [1.807, 2.05) is 13.8 Å². The Morgan fingerprint density at radius 2 is 1.21 bits per heavy atom. The average molecular weight is 541 g/mol. The van der Waals surface area contributed by atoms with Gasteiger partial charge in [-0.1, -0.05) is 47.0 Å². The zero-order chi connectivity index (χ0) is 29.1. The first kappa shape index (κ1) is 35.2. The van der Waals surface area contributed by atoms with Crippen molar-refractivity contribution in [2.24, 2.45) is 17.8 Å². The summed E-state index contributed by atoms with van der Waals surface area (Å²) in [6.07, 6.45) is 5.27. The summed E-state index contributed by atoms with van der Waals surface area (Å²) in [6, 6.07) is -0.788. The van der Waals surface area contributed by atoms with Crippen molar-refractivity contribution < 1.29 is 39.0 Å². The van der Waals surface area contributed by atoms with Crippen molar-refractivity contribution in [1.29, 1.82) is 0 Å². The molecule has 0 aromatic carbocycles. The molecule has 2 amide bonds. The van der Waals surface area contributed by atoms with Gasteiger partial charge in [0.05, 0.1) is 6.04 Å². The number of carbonyl (C=O) groups is 6. The van der Waals surface area contributed by atoms with Crippen molar-refractivity contribution >= 4 is 35.3 Å². The van der Waals surface area contributed by atoms with Crippen molar-refractivity contribution in [2.75, 3.05) is 6.54 Å². The molecule has 0 aliphatic rings. The fraction of sp³-hybridized carbons (Fsp3) is 0.786. The molecule has 0 aliphatic heterocycles. The first-order valence-electron chi connectivity index (χ1n) is 14.0. The Bertz CT molecular complexity index is 719. The van der Waals surface area contributed by atoms with Gasteiger partial charge in [-0.05, 0) is 38.5 Å². The number of ketones is 2. The van der Waals surface area contributed by atoms with Crippen LogP contribution in [0.5, 0.6) is 0 Å². The molecule has 0 radical (unpaired) electrons. The zero-order valence-electron chi connectivity index (χ0n) is 23.6. The zero-order valence-corrected chi connectivity index (χ0v) is 23.6. The predicted octanol–water partition coefficient (Wildman–Crippen LogP) is 3.89. The molecular weight excluding hydrogens is 492 g/mol. The molecule has 0 saturated carbocycles. The van der Waals surface area contributed by atoms with Crippen LogP contribution in [0.1, 0.15) is 111 Å². The van der Waals surface area contributed by atoms with Crippen LogP contribution in [0.4, 0.5) is 0 Å². The molecule has 218 valence electrons. The molecular formula is C28H48N2O8. The second kappa shape index (κ2) is 20.2. The molecule has 0 aromatic rings. The molecule has 0 aromatic heterocycles. The standard InChI is InChI=1S/C28H48N2O8/c1-5-19(3)24(32)18-21(13-15-25(33)34)28(38)29-17-11-9-7-8-10-12-23(31)22(14-16-26(35)36)30-27(37)20(4)6-2/h19-22H,5-18H2,1-4H3,(H,29,38)(H,30,37)(H,33,34)(H,35,36)/t19-,20-,21+,22-/m0/s1. The van der Waals surface area contributed by atoms with Gasteiger partial charge in [0.15, 0.2) is 5.78 Å². The fourth-order valence-electron chi connectivity index (χ4n) is 3.86. The van der Waals surface area contributed by atoms with Gasteiger partial charge in [-0.25, -0.2) is 0 Å². The molecule has 38 heavy (non-hydrogen) atoms. The van der Waals surface area contributed by atoms with E-state index in [1.165, 1.54) is 0 Å². The Morgan fingerprint density at radius 3 is 1.79 bits per heavy atom. The van der Waals surface area contributed by atoms with Crippen molar-refractivity contribution in [1.82, 2.24) is 10.6 Å².